The maximum Gasteiger partial charge on any atom is 0.211 e. The van der Waals surface area contributed by atoms with E-state index >= 15 is 0 Å². The molecule has 1 aromatic heterocycles. The van der Waals surface area contributed by atoms with Crippen LogP contribution in [0.2, 0.25) is 0 Å². The van der Waals surface area contributed by atoms with Gasteiger partial charge in [0.25, 0.3) is 0 Å². The van der Waals surface area contributed by atoms with E-state index in [0.29, 0.717) is 49.7 Å². The predicted octanol–water partition coefficient (Wildman–Crippen LogP) is 5.17. The van der Waals surface area contributed by atoms with Crippen molar-refractivity contribution in [2.24, 2.45) is 0 Å². The first-order valence-electron chi connectivity index (χ1n) is 12.2. The Kier molecular flexibility index (Phi) is 7.64. The van der Waals surface area contributed by atoms with Gasteiger partial charge in [-0.25, -0.2) is 0 Å². The van der Waals surface area contributed by atoms with E-state index in [4.69, 9.17) is 9.47 Å². The van der Waals surface area contributed by atoms with Crippen LogP contribution in [0.3, 0.4) is 0 Å². The molecule has 0 aliphatic heterocycles. The van der Waals surface area contributed by atoms with E-state index in [2.05, 4.69) is 33.8 Å². The van der Waals surface area contributed by atoms with Crippen LogP contribution in [0.4, 0.5) is 5.69 Å². The summed E-state index contributed by atoms with van der Waals surface area (Å²) in [6.45, 7) is 1.75. The number of hydrogen-bond acceptors (Lipinski definition) is 5. The smallest absolute Gasteiger partial charge is 0.211 e. The third kappa shape index (κ3) is 5.91. The van der Waals surface area contributed by atoms with Crippen LogP contribution in [-0.4, -0.2) is 36.2 Å². The zero-order valence-corrected chi connectivity index (χ0v) is 20.3. The Labute approximate surface area is 215 Å². The number of anilines is 1. The van der Waals surface area contributed by atoms with E-state index in [1.165, 1.54) is 10.8 Å². The molecule has 4 aromatic carbocycles. The molecule has 0 bridgehead atoms. The van der Waals surface area contributed by atoms with Crippen LogP contribution in [0.25, 0.3) is 21.8 Å². The van der Waals surface area contributed by atoms with Crippen LogP contribution >= 0.6 is 0 Å². The first-order valence-corrected chi connectivity index (χ1v) is 12.2. The van der Waals surface area contributed by atoms with E-state index in [-0.39, 0.29) is 0 Å². The monoisotopic (exact) mass is 495 g/mol. The third-order valence-corrected chi connectivity index (χ3v) is 6.20. The van der Waals surface area contributed by atoms with Crippen molar-refractivity contribution >= 4 is 33.9 Å². The Morgan fingerprint density at radius 2 is 1.68 bits per heavy atom. The predicted molar refractivity (Wildman–Crippen MR) is 146 cm³/mol. The Hall–Kier alpha value is -4.33. The number of ether oxygens (including phenoxy) is 2. The number of carbonyl (C=O) groups is 1. The molecule has 0 aliphatic rings. The second-order valence-corrected chi connectivity index (χ2v) is 8.74. The Bertz CT molecular complexity index is 1480. The number of carbonyl (C=O) groups excluding carboxylic acids is 1. The molecule has 0 spiro atoms. The van der Waals surface area contributed by atoms with E-state index in [0.717, 1.165) is 22.3 Å². The number of H-pyrrole nitrogens is 1. The van der Waals surface area contributed by atoms with Crippen LogP contribution in [0.1, 0.15) is 17.2 Å². The summed E-state index contributed by atoms with van der Waals surface area (Å²) >= 11 is 0. The molecule has 1 unspecified atom stereocenters. The van der Waals surface area contributed by atoms with Gasteiger partial charge in [-0.05, 0) is 41.5 Å². The maximum atomic E-state index is 11.1. The van der Waals surface area contributed by atoms with E-state index < -0.39 is 6.10 Å². The summed E-state index contributed by atoms with van der Waals surface area (Å²) < 4.78 is 11.8. The fraction of sp³-hybridized carbons (Fsp3) is 0.167. The maximum absolute atomic E-state index is 11.1. The molecule has 1 atom stereocenters. The molecule has 7 heteroatoms. The molecular formula is C30H29N3O4. The molecule has 5 rings (SSSR count). The molecule has 0 saturated carbocycles. The molecule has 0 saturated heterocycles. The Morgan fingerprint density at radius 1 is 0.865 bits per heavy atom. The number of aromatic nitrogens is 1. The summed E-state index contributed by atoms with van der Waals surface area (Å²) in [6.07, 6.45) is -0.151. The molecule has 1 amide bonds. The van der Waals surface area contributed by atoms with Crippen molar-refractivity contribution in [3.8, 4) is 11.5 Å². The molecule has 7 nitrogen and oxygen atoms in total. The minimum atomic E-state index is -0.752. The molecule has 37 heavy (non-hydrogen) atoms. The normalized spacial score (nSPS) is 11.9. The number of fused-ring (bicyclic) bond motifs is 3. The van der Waals surface area contributed by atoms with E-state index in [9.17, 15) is 9.90 Å². The minimum absolute atomic E-state index is 0.342. The van der Waals surface area contributed by atoms with Crippen molar-refractivity contribution in [2.75, 3.05) is 25.0 Å². The molecule has 5 aromatic rings. The molecule has 1 heterocycles. The van der Waals surface area contributed by atoms with E-state index in [1.54, 1.807) is 18.2 Å². The fourth-order valence-corrected chi connectivity index (χ4v) is 4.31. The summed E-state index contributed by atoms with van der Waals surface area (Å²) in [4.78, 5) is 14.5. The molecule has 0 aliphatic carbocycles. The number of nitrogens with one attached hydrogen (secondary N) is 3. The molecule has 0 fully saturated rings. The first kappa shape index (κ1) is 24.4. The zero-order chi connectivity index (χ0) is 25.5. The highest BCUT2D eigenvalue weighted by Crippen LogP contribution is 2.29. The quantitative estimate of drug-likeness (QED) is 0.141. The van der Waals surface area contributed by atoms with Gasteiger partial charge in [-0.15, -0.1) is 0 Å². The van der Waals surface area contributed by atoms with Crippen molar-refractivity contribution in [3.63, 3.8) is 0 Å². The van der Waals surface area contributed by atoms with Gasteiger partial charge in [0.1, 0.15) is 24.7 Å². The number of aromatic amines is 1. The SMILES string of the molecule is O=CNc1cc(C(O)CNCCOc2ccc3c(c2)[nH]c2ccccc23)ccc1OCc1ccccc1. The lowest BCUT2D eigenvalue weighted by Crippen LogP contribution is -2.26. The summed E-state index contributed by atoms with van der Waals surface area (Å²) in [6, 6.07) is 29.3. The van der Waals surface area contributed by atoms with Crippen LogP contribution in [0.5, 0.6) is 11.5 Å². The summed E-state index contributed by atoms with van der Waals surface area (Å²) in [5.74, 6) is 1.33. The van der Waals surface area contributed by atoms with Gasteiger partial charge in [-0.3, -0.25) is 4.79 Å². The average Bonchev–Trinajstić information content (AvgIpc) is 3.30. The van der Waals surface area contributed by atoms with Gasteiger partial charge >= 0.3 is 0 Å². The van der Waals surface area contributed by atoms with Crippen LogP contribution in [-0.2, 0) is 11.4 Å². The Morgan fingerprint density at radius 3 is 2.54 bits per heavy atom. The summed E-state index contributed by atoms with van der Waals surface area (Å²) in [5.41, 5.74) is 4.36. The standard InChI is InChI=1S/C30H29N3O4/c34-20-32-28-16-22(10-13-30(28)37-19-21-6-2-1-3-7-21)29(35)18-31-14-15-36-23-11-12-25-24-8-4-5-9-26(24)33-27(25)17-23/h1-13,16-17,20,29,31,33,35H,14-15,18-19H2,(H,32,34). The van der Waals surface area contributed by atoms with Gasteiger partial charge in [0.05, 0.1) is 17.3 Å². The number of rotatable bonds is 12. The van der Waals surface area contributed by atoms with Gasteiger partial charge in [0, 0.05) is 35.4 Å². The van der Waals surface area contributed by atoms with Crippen molar-refractivity contribution in [1.82, 2.24) is 10.3 Å². The second-order valence-electron chi connectivity index (χ2n) is 8.74. The lowest BCUT2D eigenvalue weighted by molar-refractivity contribution is -0.105. The second kappa shape index (κ2) is 11.6. The van der Waals surface area contributed by atoms with Crippen LogP contribution < -0.4 is 20.1 Å². The molecule has 188 valence electrons. The Balaban J connectivity index is 1.12. The van der Waals surface area contributed by atoms with Crippen molar-refractivity contribution in [1.29, 1.82) is 0 Å². The molecular weight excluding hydrogens is 466 g/mol. The topological polar surface area (TPSA) is 95.6 Å². The summed E-state index contributed by atoms with van der Waals surface area (Å²) in [5, 5.41) is 18.9. The highest BCUT2D eigenvalue weighted by molar-refractivity contribution is 6.07. The number of aliphatic hydroxyl groups excluding tert-OH is 1. The van der Waals surface area contributed by atoms with Gasteiger partial charge < -0.3 is 30.2 Å². The largest absolute Gasteiger partial charge is 0.492 e. The lowest BCUT2D eigenvalue weighted by Gasteiger charge is -2.16. The highest BCUT2D eigenvalue weighted by Gasteiger charge is 2.12. The molecule has 0 radical (unpaired) electrons. The van der Waals surface area contributed by atoms with Gasteiger partial charge in [0.15, 0.2) is 0 Å². The van der Waals surface area contributed by atoms with Crippen LogP contribution in [0.15, 0.2) is 91.0 Å². The number of hydrogen-bond donors (Lipinski definition) is 4. The van der Waals surface area contributed by atoms with Gasteiger partial charge in [-0.2, -0.15) is 0 Å². The van der Waals surface area contributed by atoms with Crippen molar-refractivity contribution in [2.45, 2.75) is 12.7 Å². The number of benzene rings is 4. The van der Waals surface area contributed by atoms with Crippen LogP contribution in [0, 0.1) is 0 Å². The molecule has 4 N–H and O–H groups in total. The minimum Gasteiger partial charge on any atom is -0.492 e. The van der Waals surface area contributed by atoms with Crippen molar-refractivity contribution < 1.29 is 19.4 Å². The number of aliphatic hydroxyl groups is 1. The zero-order valence-electron chi connectivity index (χ0n) is 20.3. The highest BCUT2D eigenvalue weighted by atomic mass is 16.5. The van der Waals surface area contributed by atoms with E-state index in [1.807, 2.05) is 54.6 Å². The first-order chi connectivity index (χ1) is 18.2. The average molecular weight is 496 g/mol. The van der Waals surface area contributed by atoms with Gasteiger partial charge in [0.2, 0.25) is 6.41 Å². The lowest BCUT2D eigenvalue weighted by atomic mass is 10.1. The van der Waals surface area contributed by atoms with Gasteiger partial charge in [-0.1, -0.05) is 54.6 Å². The fourth-order valence-electron chi connectivity index (χ4n) is 4.31. The third-order valence-electron chi connectivity index (χ3n) is 6.20. The van der Waals surface area contributed by atoms with Crippen molar-refractivity contribution in [3.05, 3.63) is 102 Å². The number of para-hydroxylation sites is 1. The number of amides is 1. The summed E-state index contributed by atoms with van der Waals surface area (Å²) in [7, 11) is 0.